The molecule has 2 unspecified atom stereocenters. The number of carbonyl (C=O) groups excluding carboxylic acids is 1. The summed E-state index contributed by atoms with van der Waals surface area (Å²) in [5.41, 5.74) is 8.03. The zero-order valence-electron chi connectivity index (χ0n) is 11.5. The fourth-order valence-electron chi connectivity index (χ4n) is 3.08. The van der Waals surface area contributed by atoms with Crippen molar-refractivity contribution in [2.45, 2.75) is 50.2 Å². The predicted octanol–water partition coefficient (Wildman–Crippen LogP) is 2.10. The minimum absolute atomic E-state index is 0.0185. The first kappa shape index (κ1) is 13.1. The molecule has 2 fully saturated rings. The topological polar surface area (TPSA) is 70.1 Å². The highest BCUT2D eigenvalue weighted by molar-refractivity contribution is 5.78. The number of likely N-dealkylation sites (tertiary alicyclic amines) is 1. The van der Waals surface area contributed by atoms with Gasteiger partial charge >= 0.3 is 0 Å². The molecule has 1 saturated heterocycles. The van der Waals surface area contributed by atoms with E-state index in [4.69, 9.17) is 11.0 Å². The van der Waals surface area contributed by atoms with Gasteiger partial charge in [-0.15, -0.1) is 0 Å². The molecular weight excluding hydrogens is 250 g/mol. The lowest BCUT2D eigenvalue weighted by atomic mass is 9.95. The van der Waals surface area contributed by atoms with Crippen LogP contribution >= 0.6 is 0 Å². The van der Waals surface area contributed by atoms with Crippen molar-refractivity contribution in [3.8, 4) is 6.07 Å². The second-order valence-corrected chi connectivity index (χ2v) is 5.77. The number of amides is 1. The Balaban J connectivity index is 1.96. The molecule has 104 valence electrons. The minimum atomic E-state index is -0.0368. The van der Waals surface area contributed by atoms with Crippen LogP contribution in [0.15, 0.2) is 24.3 Å². The molecule has 3 rings (SSSR count). The van der Waals surface area contributed by atoms with Crippen LogP contribution in [0.4, 0.5) is 0 Å². The van der Waals surface area contributed by atoms with Gasteiger partial charge in [-0.1, -0.05) is 12.1 Å². The number of benzene rings is 1. The molecule has 0 radical (unpaired) electrons. The van der Waals surface area contributed by atoms with Crippen LogP contribution in [0, 0.1) is 11.3 Å². The number of rotatable bonds is 2. The number of nitriles is 1. The average Bonchev–Trinajstić information content (AvgIpc) is 3.28. The van der Waals surface area contributed by atoms with Gasteiger partial charge in [-0.05, 0) is 43.4 Å². The van der Waals surface area contributed by atoms with Crippen LogP contribution in [0.3, 0.4) is 0 Å². The summed E-state index contributed by atoms with van der Waals surface area (Å²) < 4.78 is 0. The van der Waals surface area contributed by atoms with Crippen molar-refractivity contribution in [2.75, 3.05) is 0 Å². The molecule has 2 atom stereocenters. The predicted molar refractivity (Wildman–Crippen MR) is 75.6 cm³/mol. The van der Waals surface area contributed by atoms with Crippen molar-refractivity contribution in [1.29, 1.82) is 5.26 Å². The van der Waals surface area contributed by atoms with E-state index >= 15 is 0 Å². The summed E-state index contributed by atoms with van der Waals surface area (Å²) in [5.74, 6) is 0.231. The largest absolute Gasteiger partial charge is 0.331 e. The number of carbonyl (C=O) groups is 1. The second kappa shape index (κ2) is 5.26. The van der Waals surface area contributed by atoms with E-state index in [2.05, 4.69) is 6.07 Å². The maximum absolute atomic E-state index is 12.4. The van der Waals surface area contributed by atoms with Crippen LogP contribution in [0.5, 0.6) is 0 Å². The van der Waals surface area contributed by atoms with Crippen molar-refractivity contribution in [3.05, 3.63) is 35.4 Å². The first-order chi connectivity index (χ1) is 9.70. The molecule has 4 heteroatoms. The van der Waals surface area contributed by atoms with Gasteiger partial charge in [0.05, 0.1) is 17.7 Å². The second-order valence-electron chi connectivity index (χ2n) is 5.77. The third-order valence-electron chi connectivity index (χ3n) is 4.24. The van der Waals surface area contributed by atoms with Crippen LogP contribution in [0.2, 0.25) is 0 Å². The van der Waals surface area contributed by atoms with E-state index in [-0.39, 0.29) is 18.0 Å². The Morgan fingerprint density at radius 2 is 1.90 bits per heavy atom. The summed E-state index contributed by atoms with van der Waals surface area (Å²) in [6, 6.07) is 9.94. The maximum Gasteiger partial charge on any atom is 0.223 e. The Morgan fingerprint density at radius 1 is 1.20 bits per heavy atom. The standard InChI is InChI=1S/C16H19N3O/c17-10-11-4-6-12(7-5-11)16-14(18)2-1-3-15(20)19(16)13-8-9-13/h4-7,13-14,16H,1-3,8-9,18H2. The first-order valence-electron chi connectivity index (χ1n) is 7.27. The Kier molecular flexibility index (Phi) is 3.45. The molecular formula is C16H19N3O. The van der Waals surface area contributed by atoms with Crippen molar-refractivity contribution in [3.63, 3.8) is 0 Å². The molecule has 2 N–H and O–H groups in total. The van der Waals surface area contributed by atoms with Gasteiger partial charge in [0.25, 0.3) is 0 Å². The zero-order chi connectivity index (χ0) is 14.1. The summed E-state index contributed by atoms with van der Waals surface area (Å²) in [4.78, 5) is 14.4. The number of hydrogen-bond acceptors (Lipinski definition) is 3. The molecule has 1 aliphatic heterocycles. The molecule has 4 nitrogen and oxygen atoms in total. The third kappa shape index (κ3) is 2.41. The Labute approximate surface area is 119 Å². The summed E-state index contributed by atoms with van der Waals surface area (Å²) in [6.45, 7) is 0. The van der Waals surface area contributed by atoms with Crippen LogP contribution < -0.4 is 5.73 Å². The summed E-state index contributed by atoms with van der Waals surface area (Å²) in [5, 5.41) is 8.89. The monoisotopic (exact) mass is 269 g/mol. The van der Waals surface area contributed by atoms with Gasteiger partial charge in [0, 0.05) is 18.5 Å². The molecule has 1 heterocycles. The highest BCUT2D eigenvalue weighted by Crippen LogP contribution is 2.39. The lowest BCUT2D eigenvalue weighted by molar-refractivity contribution is -0.133. The van der Waals surface area contributed by atoms with Gasteiger partial charge in [0.1, 0.15) is 0 Å². The van der Waals surface area contributed by atoms with Gasteiger partial charge in [-0.25, -0.2) is 0 Å². The summed E-state index contributed by atoms with van der Waals surface area (Å²) in [6.07, 6.45) is 4.53. The SMILES string of the molecule is N#Cc1ccc(C2C(N)CCCC(=O)N2C2CC2)cc1. The molecule has 1 saturated carbocycles. The fraction of sp³-hybridized carbons (Fsp3) is 0.500. The van der Waals surface area contributed by atoms with Crippen molar-refractivity contribution in [1.82, 2.24) is 4.90 Å². The van der Waals surface area contributed by atoms with Crippen LogP contribution in [0.25, 0.3) is 0 Å². The minimum Gasteiger partial charge on any atom is -0.331 e. The number of hydrogen-bond donors (Lipinski definition) is 1. The molecule has 1 aromatic carbocycles. The summed E-state index contributed by atoms with van der Waals surface area (Å²) in [7, 11) is 0. The van der Waals surface area contributed by atoms with Gasteiger partial charge in [0.15, 0.2) is 0 Å². The molecule has 0 bridgehead atoms. The van der Waals surface area contributed by atoms with E-state index in [1.165, 1.54) is 0 Å². The number of nitrogens with two attached hydrogens (primary N) is 1. The van der Waals surface area contributed by atoms with Gasteiger partial charge < -0.3 is 10.6 Å². The average molecular weight is 269 g/mol. The van der Waals surface area contributed by atoms with Crippen LogP contribution in [-0.4, -0.2) is 22.9 Å². The Morgan fingerprint density at radius 3 is 2.50 bits per heavy atom. The summed E-state index contributed by atoms with van der Waals surface area (Å²) >= 11 is 0. The van der Waals surface area contributed by atoms with E-state index < -0.39 is 0 Å². The molecule has 20 heavy (non-hydrogen) atoms. The molecule has 1 aliphatic carbocycles. The van der Waals surface area contributed by atoms with Gasteiger partial charge in [-0.2, -0.15) is 5.26 Å². The van der Waals surface area contributed by atoms with E-state index in [1.54, 1.807) is 0 Å². The molecule has 0 spiro atoms. The smallest absolute Gasteiger partial charge is 0.223 e. The highest BCUT2D eigenvalue weighted by atomic mass is 16.2. The van der Waals surface area contributed by atoms with Gasteiger partial charge in [-0.3, -0.25) is 4.79 Å². The van der Waals surface area contributed by atoms with Crippen molar-refractivity contribution < 1.29 is 4.79 Å². The zero-order valence-corrected chi connectivity index (χ0v) is 11.5. The van der Waals surface area contributed by atoms with Gasteiger partial charge in [0.2, 0.25) is 5.91 Å². The fourth-order valence-corrected chi connectivity index (χ4v) is 3.08. The van der Waals surface area contributed by atoms with Crippen molar-refractivity contribution >= 4 is 5.91 Å². The lowest BCUT2D eigenvalue weighted by Crippen LogP contribution is -2.43. The number of nitrogens with zero attached hydrogens (tertiary/aromatic N) is 2. The third-order valence-corrected chi connectivity index (χ3v) is 4.24. The van der Waals surface area contributed by atoms with E-state index in [9.17, 15) is 4.79 Å². The first-order valence-corrected chi connectivity index (χ1v) is 7.27. The highest BCUT2D eigenvalue weighted by Gasteiger charge is 2.41. The van der Waals surface area contributed by atoms with E-state index in [1.807, 2.05) is 29.2 Å². The Bertz CT molecular complexity index is 542. The molecule has 0 aromatic heterocycles. The van der Waals surface area contributed by atoms with Crippen molar-refractivity contribution in [2.24, 2.45) is 5.73 Å². The molecule has 1 amide bonds. The van der Waals surface area contributed by atoms with E-state index in [0.717, 1.165) is 31.2 Å². The molecule has 1 aromatic rings. The normalized spacial score (nSPS) is 27.0. The molecule has 2 aliphatic rings. The van der Waals surface area contributed by atoms with E-state index in [0.29, 0.717) is 18.0 Å². The van der Waals surface area contributed by atoms with Crippen LogP contribution in [-0.2, 0) is 4.79 Å². The quantitative estimate of drug-likeness (QED) is 0.893. The van der Waals surface area contributed by atoms with Crippen LogP contribution in [0.1, 0.15) is 49.3 Å². The lowest BCUT2D eigenvalue weighted by Gasteiger charge is -2.34. The Hall–Kier alpha value is -1.86. The maximum atomic E-state index is 12.4.